The number of ether oxygens (including phenoxy) is 1. The summed E-state index contributed by atoms with van der Waals surface area (Å²) in [5.74, 6) is 0. The summed E-state index contributed by atoms with van der Waals surface area (Å²) in [7, 11) is -1.64. The van der Waals surface area contributed by atoms with Crippen molar-refractivity contribution < 1.29 is 9.16 Å². The molecule has 2 aromatic carbocycles. The van der Waals surface area contributed by atoms with Crippen LogP contribution in [0.25, 0.3) is 0 Å². The van der Waals surface area contributed by atoms with E-state index in [0.717, 1.165) is 32.7 Å². The van der Waals surface area contributed by atoms with E-state index in [1.165, 1.54) is 23.6 Å². The van der Waals surface area contributed by atoms with Crippen LogP contribution in [0.4, 0.5) is 0 Å². The topological polar surface area (TPSA) is 18.5 Å². The fraction of sp³-hybridized carbons (Fsp3) is 0.500. The number of hydrogen-bond donors (Lipinski definition) is 0. The van der Waals surface area contributed by atoms with Crippen molar-refractivity contribution in [3.8, 4) is 0 Å². The molecular formula is C24H36O2Si. The van der Waals surface area contributed by atoms with Gasteiger partial charge in [0.05, 0.1) is 6.61 Å². The molecule has 0 saturated heterocycles. The second-order valence-corrected chi connectivity index (χ2v) is 12.6. The minimum atomic E-state index is -1.64. The fourth-order valence-electron chi connectivity index (χ4n) is 3.71. The second kappa shape index (κ2) is 10.8. The minimum absolute atomic E-state index is 0.0449. The van der Waals surface area contributed by atoms with Crippen LogP contribution in [0, 0.1) is 5.41 Å². The van der Waals surface area contributed by atoms with Gasteiger partial charge in [0, 0.05) is 18.6 Å². The molecule has 0 aromatic heterocycles. The van der Waals surface area contributed by atoms with Gasteiger partial charge in [-0.1, -0.05) is 74.0 Å². The van der Waals surface area contributed by atoms with Crippen LogP contribution in [0.2, 0.25) is 19.1 Å². The summed E-state index contributed by atoms with van der Waals surface area (Å²) in [6.45, 7) is 11.2. The van der Waals surface area contributed by atoms with E-state index in [4.69, 9.17) is 9.16 Å². The summed E-state index contributed by atoms with van der Waals surface area (Å²) in [4.78, 5) is 0. The Balaban J connectivity index is 2.28. The van der Waals surface area contributed by atoms with Gasteiger partial charge in [0.15, 0.2) is 8.32 Å². The molecule has 0 atom stereocenters. The van der Waals surface area contributed by atoms with E-state index in [-0.39, 0.29) is 5.41 Å². The Morgan fingerprint density at radius 2 is 1.30 bits per heavy atom. The summed E-state index contributed by atoms with van der Waals surface area (Å²) in [5, 5.41) is 0. The Labute approximate surface area is 167 Å². The molecule has 0 aliphatic rings. The molecule has 0 spiro atoms. The number of benzene rings is 2. The van der Waals surface area contributed by atoms with Crippen LogP contribution in [-0.4, -0.2) is 28.1 Å². The van der Waals surface area contributed by atoms with Gasteiger partial charge < -0.3 is 9.16 Å². The van der Waals surface area contributed by atoms with Crippen LogP contribution in [-0.2, 0) is 22.0 Å². The van der Waals surface area contributed by atoms with Crippen molar-refractivity contribution in [3.05, 3.63) is 71.8 Å². The lowest BCUT2D eigenvalue weighted by Crippen LogP contribution is -2.42. The predicted molar refractivity (Wildman–Crippen MR) is 118 cm³/mol. The Kier molecular flexibility index (Phi) is 8.74. The smallest absolute Gasteiger partial charge is 0.186 e. The summed E-state index contributed by atoms with van der Waals surface area (Å²) < 4.78 is 12.6. The molecule has 3 heteroatoms. The fourth-order valence-corrected chi connectivity index (χ4v) is 5.75. The molecule has 0 bridgehead atoms. The first-order valence-corrected chi connectivity index (χ1v) is 13.4. The average molecular weight is 385 g/mol. The van der Waals surface area contributed by atoms with Gasteiger partial charge >= 0.3 is 0 Å². The van der Waals surface area contributed by atoms with Crippen LogP contribution >= 0.6 is 0 Å². The zero-order valence-corrected chi connectivity index (χ0v) is 18.5. The summed E-state index contributed by atoms with van der Waals surface area (Å²) in [6.07, 6.45) is 3.13. The van der Waals surface area contributed by atoms with Crippen LogP contribution in [0.15, 0.2) is 60.7 Å². The first-order chi connectivity index (χ1) is 13.0. The first kappa shape index (κ1) is 21.9. The first-order valence-electron chi connectivity index (χ1n) is 10.3. The molecule has 0 aliphatic heterocycles. The van der Waals surface area contributed by atoms with E-state index < -0.39 is 8.32 Å². The van der Waals surface area contributed by atoms with E-state index in [2.05, 4.69) is 87.6 Å². The quantitative estimate of drug-likeness (QED) is 0.410. The molecule has 2 aromatic rings. The highest BCUT2D eigenvalue weighted by molar-refractivity contribution is 6.71. The van der Waals surface area contributed by atoms with Crippen molar-refractivity contribution in [2.45, 2.75) is 52.2 Å². The molecule has 0 amide bonds. The van der Waals surface area contributed by atoms with Gasteiger partial charge in [-0.3, -0.25) is 0 Å². The highest BCUT2D eigenvalue weighted by Crippen LogP contribution is 2.31. The van der Waals surface area contributed by atoms with Crippen LogP contribution < -0.4 is 0 Å². The van der Waals surface area contributed by atoms with Crippen molar-refractivity contribution in [1.29, 1.82) is 0 Å². The third-order valence-corrected chi connectivity index (χ3v) is 7.71. The van der Waals surface area contributed by atoms with Gasteiger partial charge in [-0.15, -0.1) is 0 Å². The van der Waals surface area contributed by atoms with Crippen LogP contribution in [0.1, 0.15) is 31.4 Å². The number of hydrogen-bond acceptors (Lipinski definition) is 2. The molecule has 0 unspecified atom stereocenters. The molecule has 148 valence electrons. The third-order valence-electron chi connectivity index (χ3n) is 5.08. The third kappa shape index (κ3) is 7.61. The maximum atomic E-state index is 6.64. The Bertz CT molecular complexity index is 598. The SMILES string of the molecule is CCC[Si](C)(C)OCC(COCC)(Cc1ccccc1)Cc1ccccc1. The Hall–Kier alpha value is -1.42. The molecule has 27 heavy (non-hydrogen) atoms. The second-order valence-electron chi connectivity index (χ2n) is 8.26. The summed E-state index contributed by atoms with van der Waals surface area (Å²) in [6, 6.07) is 22.8. The van der Waals surface area contributed by atoms with E-state index in [1.807, 2.05) is 0 Å². The van der Waals surface area contributed by atoms with E-state index in [9.17, 15) is 0 Å². The molecule has 0 aliphatic carbocycles. The zero-order chi connectivity index (χ0) is 19.6. The van der Waals surface area contributed by atoms with Crippen molar-refractivity contribution in [2.24, 2.45) is 5.41 Å². The van der Waals surface area contributed by atoms with Crippen LogP contribution in [0.3, 0.4) is 0 Å². The molecule has 0 heterocycles. The standard InChI is InChI=1S/C24H36O2Si/c1-5-17-27(3,4)26-21-24(20-25-6-2,18-22-13-9-7-10-14-22)19-23-15-11-8-12-16-23/h7-16H,5-6,17-21H2,1-4H3. The van der Waals surface area contributed by atoms with Crippen LogP contribution in [0.5, 0.6) is 0 Å². The maximum Gasteiger partial charge on any atom is 0.186 e. The van der Waals surface area contributed by atoms with Crippen molar-refractivity contribution in [2.75, 3.05) is 19.8 Å². The molecule has 0 N–H and O–H groups in total. The van der Waals surface area contributed by atoms with E-state index >= 15 is 0 Å². The van der Waals surface area contributed by atoms with Gasteiger partial charge in [0.2, 0.25) is 0 Å². The minimum Gasteiger partial charge on any atom is -0.417 e. The molecule has 2 rings (SSSR count). The highest BCUT2D eigenvalue weighted by atomic mass is 28.4. The summed E-state index contributed by atoms with van der Waals surface area (Å²) >= 11 is 0. The van der Waals surface area contributed by atoms with Gasteiger partial charge in [-0.2, -0.15) is 0 Å². The van der Waals surface area contributed by atoms with Crippen molar-refractivity contribution >= 4 is 8.32 Å². The summed E-state index contributed by atoms with van der Waals surface area (Å²) in [5.41, 5.74) is 2.66. The lowest BCUT2D eigenvalue weighted by Gasteiger charge is -2.37. The lowest BCUT2D eigenvalue weighted by atomic mass is 9.78. The Morgan fingerprint density at radius 3 is 1.74 bits per heavy atom. The van der Waals surface area contributed by atoms with Gasteiger partial charge in [0.1, 0.15) is 0 Å². The predicted octanol–water partition coefficient (Wildman–Crippen LogP) is 6.13. The van der Waals surface area contributed by atoms with Crippen molar-refractivity contribution in [1.82, 2.24) is 0 Å². The van der Waals surface area contributed by atoms with E-state index in [1.54, 1.807) is 0 Å². The molecule has 2 nitrogen and oxygen atoms in total. The largest absolute Gasteiger partial charge is 0.417 e. The number of rotatable bonds is 12. The molecule has 0 fully saturated rings. The highest BCUT2D eigenvalue weighted by Gasteiger charge is 2.34. The average Bonchev–Trinajstić information content (AvgIpc) is 2.66. The van der Waals surface area contributed by atoms with E-state index in [0.29, 0.717) is 0 Å². The Morgan fingerprint density at radius 1 is 0.778 bits per heavy atom. The maximum absolute atomic E-state index is 6.64. The van der Waals surface area contributed by atoms with Gasteiger partial charge in [0.25, 0.3) is 0 Å². The van der Waals surface area contributed by atoms with Crippen molar-refractivity contribution in [3.63, 3.8) is 0 Å². The normalized spacial score (nSPS) is 12.3. The monoisotopic (exact) mass is 384 g/mol. The molecular weight excluding hydrogens is 348 g/mol. The molecule has 0 saturated carbocycles. The van der Waals surface area contributed by atoms with Gasteiger partial charge in [-0.05, 0) is 50.0 Å². The lowest BCUT2D eigenvalue weighted by molar-refractivity contribution is 0.0157. The zero-order valence-electron chi connectivity index (χ0n) is 17.5. The van der Waals surface area contributed by atoms with Gasteiger partial charge in [-0.25, -0.2) is 0 Å². The molecule has 0 radical (unpaired) electrons.